The Morgan fingerprint density at radius 1 is 0.943 bits per heavy atom. The highest BCUT2D eigenvalue weighted by Gasteiger charge is 2.27. The van der Waals surface area contributed by atoms with Crippen molar-refractivity contribution in [2.75, 3.05) is 26.3 Å². The highest BCUT2D eigenvalue weighted by Crippen LogP contribution is 2.29. The van der Waals surface area contributed by atoms with Gasteiger partial charge in [0.15, 0.2) is 0 Å². The number of hydrogen-bond acceptors (Lipinski definition) is 6. The number of aliphatic hydroxyl groups excluding tert-OH is 1. The third-order valence-corrected chi connectivity index (χ3v) is 6.19. The molecule has 1 fully saturated rings. The van der Waals surface area contributed by atoms with Crippen LogP contribution in [0.25, 0.3) is 11.1 Å². The van der Waals surface area contributed by atoms with E-state index in [2.05, 4.69) is 46.7 Å². The number of rotatable bonds is 11. The number of nitrogens with zero attached hydrogens (tertiary/aromatic N) is 2. The van der Waals surface area contributed by atoms with Gasteiger partial charge in [-0.05, 0) is 36.1 Å². The quantitative estimate of drug-likeness (QED) is 0.366. The number of nitrogens with one attached hydrogen (secondary N) is 1. The van der Waals surface area contributed by atoms with Crippen LogP contribution in [0.5, 0.6) is 11.6 Å². The molecule has 0 unspecified atom stereocenters. The monoisotopic (exact) mass is 519 g/mol. The molecule has 8 heteroatoms. The Balaban J connectivity index is 0.00000216. The minimum Gasteiger partial charge on any atom is -0.489 e. The smallest absolute Gasteiger partial charge is 0.234 e. The van der Waals surface area contributed by atoms with Gasteiger partial charge in [-0.2, -0.15) is 5.10 Å². The Morgan fingerprint density at radius 2 is 1.69 bits per heavy atom. The van der Waals surface area contributed by atoms with Crippen LogP contribution in [0, 0.1) is 11.8 Å². The molecule has 2 heterocycles. The summed E-state index contributed by atoms with van der Waals surface area (Å²) >= 11 is 0. The maximum Gasteiger partial charge on any atom is 0.234 e. The highest BCUT2D eigenvalue weighted by atomic mass is 35.5. The number of aliphatic hydroxyl groups is 1. The lowest BCUT2D eigenvalue weighted by Crippen LogP contribution is -2.23. The molecular formula is C27H35Cl2N3O3. The Bertz CT molecular complexity index is 1010. The van der Waals surface area contributed by atoms with Crippen LogP contribution in [-0.4, -0.2) is 41.6 Å². The minimum absolute atomic E-state index is 0. The maximum atomic E-state index is 9.54. The fourth-order valence-corrected chi connectivity index (χ4v) is 4.11. The first kappa shape index (κ1) is 28.9. The molecule has 0 bridgehead atoms. The minimum atomic E-state index is 0. The Morgan fingerprint density at radius 3 is 2.40 bits per heavy atom. The van der Waals surface area contributed by atoms with Gasteiger partial charge in [-0.25, -0.2) is 0 Å². The molecule has 1 aliphatic rings. The van der Waals surface area contributed by atoms with Gasteiger partial charge < -0.3 is 19.9 Å². The maximum absolute atomic E-state index is 9.54. The molecular weight excluding hydrogens is 485 g/mol. The van der Waals surface area contributed by atoms with E-state index in [9.17, 15) is 5.11 Å². The van der Waals surface area contributed by atoms with E-state index in [0.717, 1.165) is 60.5 Å². The second kappa shape index (κ2) is 14.9. The summed E-state index contributed by atoms with van der Waals surface area (Å²) in [5.74, 6) is 1.86. The van der Waals surface area contributed by atoms with Gasteiger partial charge >= 0.3 is 0 Å². The highest BCUT2D eigenvalue weighted by molar-refractivity contribution is 5.85. The predicted molar refractivity (Wildman–Crippen MR) is 144 cm³/mol. The van der Waals surface area contributed by atoms with Crippen molar-refractivity contribution < 1.29 is 14.6 Å². The van der Waals surface area contributed by atoms with Crippen molar-refractivity contribution in [2.45, 2.75) is 32.8 Å². The van der Waals surface area contributed by atoms with Crippen molar-refractivity contribution in [3.63, 3.8) is 0 Å². The number of halogens is 2. The van der Waals surface area contributed by atoms with Gasteiger partial charge in [0.2, 0.25) is 5.88 Å². The third-order valence-electron chi connectivity index (χ3n) is 6.19. The molecule has 0 amide bonds. The van der Waals surface area contributed by atoms with Gasteiger partial charge in [-0.1, -0.05) is 55.8 Å². The molecule has 1 aliphatic heterocycles. The molecule has 0 saturated carbocycles. The molecule has 35 heavy (non-hydrogen) atoms. The van der Waals surface area contributed by atoms with Crippen molar-refractivity contribution in [2.24, 2.45) is 11.8 Å². The lowest BCUT2D eigenvalue weighted by molar-refractivity contribution is 0.159. The SMILES string of the molecule is CCCCc1nnc(OC[C@@H]2CNC[C@H]2CO)cc1-c1ccc(OCc2ccccc2)cc1.Cl.Cl. The van der Waals surface area contributed by atoms with Gasteiger partial charge in [0, 0.05) is 43.2 Å². The van der Waals surface area contributed by atoms with Crippen molar-refractivity contribution in [1.29, 1.82) is 0 Å². The molecule has 3 aromatic rings. The molecule has 2 atom stereocenters. The topological polar surface area (TPSA) is 76.5 Å². The number of hydrogen-bond donors (Lipinski definition) is 2. The number of benzene rings is 2. The largest absolute Gasteiger partial charge is 0.489 e. The van der Waals surface area contributed by atoms with Crippen LogP contribution >= 0.6 is 24.8 Å². The molecule has 2 N–H and O–H groups in total. The normalized spacial score (nSPS) is 16.7. The van der Waals surface area contributed by atoms with E-state index in [1.807, 2.05) is 36.4 Å². The first-order chi connectivity index (χ1) is 16.3. The number of aromatic nitrogens is 2. The lowest BCUT2D eigenvalue weighted by Gasteiger charge is -2.17. The second-order valence-electron chi connectivity index (χ2n) is 8.62. The van der Waals surface area contributed by atoms with Crippen molar-refractivity contribution in [1.82, 2.24) is 15.5 Å². The Kier molecular flexibility index (Phi) is 12.3. The summed E-state index contributed by atoms with van der Waals surface area (Å²) in [7, 11) is 0. The predicted octanol–water partition coefficient (Wildman–Crippen LogP) is 5.12. The zero-order chi connectivity index (χ0) is 22.9. The fraction of sp³-hybridized carbons (Fsp3) is 0.407. The van der Waals surface area contributed by atoms with E-state index in [4.69, 9.17) is 9.47 Å². The fourth-order valence-electron chi connectivity index (χ4n) is 4.11. The first-order valence-electron chi connectivity index (χ1n) is 11.8. The van der Waals surface area contributed by atoms with Crippen LogP contribution in [0.4, 0.5) is 0 Å². The average molecular weight is 521 g/mol. The summed E-state index contributed by atoms with van der Waals surface area (Å²) in [6.45, 7) is 5.10. The summed E-state index contributed by atoms with van der Waals surface area (Å²) in [5.41, 5.74) is 4.25. The van der Waals surface area contributed by atoms with E-state index < -0.39 is 0 Å². The van der Waals surface area contributed by atoms with Gasteiger partial charge in [0.1, 0.15) is 12.4 Å². The van der Waals surface area contributed by atoms with E-state index in [1.54, 1.807) is 0 Å². The van der Waals surface area contributed by atoms with Crippen LogP contribution in [0.15, 0.2) is 60.7 Å². The summed E-state index contributed by atoms with van der Waals surface area (Å²) in [4.78, 5) is 0. The second-order valence-corrected chi connectivity index (χ2v) is 8.62. The Labute approximate surface area is 220 Å². The lowest BCUT2D eigenvalue weighted by atomic mass is 9.98. The number of unbranched alkanes of at least 4 members (excludes halogenated alkanes) is 1. The van der Waals surface area contributed by atoms with Crippen molar-refractivity contribution >= 4 is 24.8 Å². The summed E-state index contributed by atoms with van der Waals surface area (Å²) in [6.07, 6.45) is 3.04. The van der Waals surface area contributed by atoms with Crippen LogP contribution in [0.3, 0.4) is 0 Å². The van der Waals surface area contributed by atoms with Gasteiger partial charge in [-0.15, -0.1) is 29.9 Å². The molecule has 1 aromatic heterocycles. The zero-order valence-electron chi connectivity index (χ0n) is 20.1. The van der Waals surface area contributed by atoms with E-state index >= 15 is 0 Å². The molecule has 1 saturated heterocycles. The van der Waals surface area contributed by atoms with Crippen LogP contribution < -0.4 is 14.8 Å². The van der Waals surface area contributed by atoms with Gasteiger partial charge in [-0.3, -0.25) is 0 Å². The molecule has 0 spiro atoms. The summed E-state index contributed by atoms with van der Waals surface area (Å²) in [6, 6.07) is 20.3. The molecule has 6 nitrogen and oxygen atoms in total. The van der Waals surface area contributed by atoms with Gasteiger partial charge in [0.25, 0.3) is 0 Å². The molecule has 0 aliphatic carbocycles. The Hall–Kier alpha value is -2.38. The number of ether oxygens (including phenoxy) is 2. The number of aryl methyl sites for hydroxylation is 1. The van der Waals surface area contributed by atoms with Gasteiger partial charge in [0.05, 0.1) is 12.3 Å². The van der Waals surface area contributed by atoms with Crippen molar-refractivity contribution in [3.8, 4) is 22.8 Å². The van der Waals surface area contributed by atoms with Crippen LogP contribution in [0.1, 0.15) is 31.0 Å². The molecule has 4 rings (SSSR count). The van der Waals surface area contributed by atoms with E-state index in [-0.39, 0.29) is 43.3 Å². The molecule has 0 radical (unpaired) electrons. The standard InChI is InChI=1S/C27H33N3O3.2ClH/c1-2-3-9-26-25(14-27(30-29-26)33-19-23-16-28-15-22(23)17-31)21-10-12-24(13-11-21)32-18-20-7-5-4-6-8-20;;/h4-8,10-14,22-23,28,31H,2-3,9,15-19H2,1H3;2*1H/t22-,23-;;/m0../s1. The van der Waals surface area contributed by atoms with E-state index in [1.165, 1.54) is 0 Å². The molecule has 2 aromatic carbocycles. The van der Waals surface area contributed by atoms with Crippen LogP contribution in [0.2, 0.25) is 0 Å². The first-order valence-corrected chi connectivity index (χ1v) is 11.8. The summed E-state index contributed by atoms with van der Waals surface area (Å²) in [5, 5.41) is 21.7. The molecule has 190 valence electrons. The van der Waals surface area contributed by atoms with E-state index in [0.29, 0.717) is 19.1 Å². The zero-order valence-corrected chi connectivity index (χ0v) is 21.7. The van der Waals surface area contributed by atoms with Crippen molar-refractivity contribution in [3.05, 3.63) is 71.9 Å². The van der Waals surface area contributed by atoms with Crippen LogP contribution in [-0.2, 0) is 13.0 Å². The average Bonchev–Trinajstić information content (AvgIpc) is 3.34. The third kappa shape index (κ3) is 8.07. The summed E-state index contributed by atoms with van der Waals surface area (Å²) < 4.78 is 11.9.